The van der Waals surface area contributed by atoms with Gasteiger partial charge >= 0.3 is 6.09 Å². The van der Waals surface area contributed by atoms with Crippen molar-refractivity contribution in [2.45, 2.75) is 32.8 Å². The summed E-state index contributed by atoms with van der Waals surface area (Å²) in [6.45, 7) is 5.52. The van der Waals surface area contributed by atoms with Gasteiger partial charge in [-0.2, -0.15) is 0 Å². The summed E-state index contributed by atoms with van der Waals surface area (Å²) in [6.07, 6.45) is 2.52. The molecule has 1 amide bonds. The third kappa shape index (κ3) is 4.92. The smallest absolute Gasteiger partial charge is 0.412 e. The fourth-order valence-electron chi connectivity index (χ4n) is 2.11. The Bertz CT molecular complexity index is 662. The molecule has 0 aliphatic carbocycles. The van der Waals surface area contributed by atoms with Crippen LogP contribution in [0.3, 0.4) is 0 Å². The molecular weight excluding hydrogens is 298 g/mol. The summed E-state index contributed by atoms with van der Waals surface area (Å²) in [5, 5.41) is 4.94. The van der Waals surface area contributed by atoms with Crippen LogP contribution in [0.15, 0.2) is 36.4 Å². The van der Waals surface area contributed by atoms with Crippen molar-refractivity contribution in [2.24, 2.45) is 0 Å². The van der Waals surface area contributed by atoms with E-state index in [0.29, 0.717) is 5.88 Å². The molecule has 0 heterocycles. The van der Waals surface area contributed by atoms with Gasteiger partial charge in [0.2, 0.25) is 0 Å². The highest BCUT2D eigenvalue weighted by molar-refractivity contribution is 6.17. The molecule has 2 rings (SSSR count). The molecule has 22 heavy (non-hydrogen) atoms. The first-order valence-corrected chi connectivity index (χ1v) is 7.84. The number of amides is 1. The van der Waals surface area contributed by atoms with Crippen molar-refractivity contribution in [2.75, 3.05) is 11.2 Å². The lowest BCUT2D eigenvalue weighted by Gasteiger charge is -2.19. The number of carbonyl (C=O) groups is 1. The Labute approximate surface area is 136 Å². The number of hydrogen-bond acceptors (Lipinski definition) is 2. The van der Waals surface area contributed by atoms with Crippen molar-refractivity contribution in [3.05, 3.63) is 48.4 Å². The fourth-order valence-corrected chi connectivity index (χ4v) is 2.22. The topological polar surface area (TPSA) is 38.3 Å². The zero-order valence-electron chi connectivity index (χ0n) is 13.2. The average Bonchev–Trinajstić information content (AvgIpc) is 2.43. The second-order valence-electron chi connectivity index (χ2n) is 6.13. The van der Waals surface area contributed by atoms with Gasteiger partial charge in [-0.25, -0.2) is 4.79 Å². The first kappa shape index (κ1) is 16.6. The lowest BCUT2D eigenvalue weighted by atomic mass is 10.0. The van der Waals surface area contributed by atoms with Crippen LogP contribution in [-0.2, 0) is 4.74 Å². The Balaban J connectivity index is 2.12. The van der Waals surface area contributed by atoms with Crippen molar-refractivity contribution in [1.29, 1.82) is 0 Å². The van der Waals surface area contributed by atoms with Gasteiger partial charge in [-0.05, 0) is 62.1 Å². The van der Waals surface area contributed by atoms with Crippen LogP contribution in [0.1, 0.15) is 32.8 Å². The monoisotopic (exact) mass is 318 g/mol. The summed E-state index contributed by atoms with van der Waals surface area (Å²) >= 11 is 5.70. The third-order valence-electron chi connectivity index (χ3n) is 3.00. The van der Waals surface area contributed by atoms with Gasteiger partial charge < -0.3 is 4.74 Å². The van der Waals surface area contributed by atoms with Crippen LogP contribution >= 0.6 is 11.6 Å². The van der Waals surface area contributed by atoms with E-state index in [-0.39, 0.29) is 0 Å². The molecular formula is C18H21ClNO2. The Morgan fingerprint density at radius 1 is 1.18 bits per heavy atom. The van der Waals surface area contributed by atoms with Crippen molar-refractivity contribution in [1.82, 2.24) is 0 Å². The minimum absolute atomic E-state index is 0.445. The van der Waals surface area contributed by atoms with Crippen LogP contribution in [0.2, 0.25) is 0 Å². The molecule has 0 aliphatic rings. The van der Waals surface area contributed by atoms with Crippen LogP contribution in [-0.4, -0.2) is 17.6 Å². The van der Waals surface area contributed by atoms with E-state index in [2.05, 4.69) is 17.8 Å². The fraction of sp³-hybridized carbons (Fsp3) is 0.333. The van der Waals surface area contributed by atoms with Gasteiger partial charge in [0.1, 0.15) is 5.60 Å². The van der Waals surface area contributed by atoms with Crippen LogP contribution in [0, 0.1) is 6.42 Å². The van der Waals surface area contributed by atoms with E-state index in [9.17, 15) is 4.79 Å². The van der Waals surface area contributed by atoms with Gasteiger partial charge in [0.15, 0.2) is 0 Å². The molecule has 0 saturated heterocycles. The predicted molar refractivity (Wildman–Crippen MR) is 92.5 cm³/mol. The molecule has 0 atom stereocenters. The van der Waals surface area contributed by atoms with Gasteiger partial charge in [0, 0.05) is 11.6 Å². The lowest BCUT2D eigenvalue weighted by Crippen LogP contribution is -2.27. The summed E-state index contributed by atoms with van der Waals surface area (Å²) < 4.78 is 5.25. The molecule has 1 radical (unpaired) electrons. The number of halogens is 1. The number of benzene rings is 2. The molecule has 1 N–H and O–H groups in total. The zero-order valence-corrected chi connectivity index (χ0v) is 13.9. The highest BCUT2D eigenvalue weighted by atomic mass is 35.5. The van der Waals surface area contributed by atoms with E-state index in [4.69, 9.17) is 16.3 Å². The number of carbonyl (C=O) groups excluding carboxylic acids is 1. The molecule has 3 nitrogen and oxygen atoms in total. The summed E-state index contributed by atoms with van der Waals surface area (Å²) in [5.41, 5.74) is 1.37. The zero-order chi connectivity index (χ0) is 16.2. The maximum atomic E-state index is 11.8. The van der Waals surface area contributed by atoms with E-state index >= 15 is 0 Å². The van der Waals surface area contributed by atoms with Crippen LogP contribution in [0.25, 0.3) is 10.8 Å². The van der Waals surface area contributed by atoms with Gasteiger partial charge in [0.05, 0.1) is 0 Å². The van der Waals surface area contributed by atoms with E-state index in [1.54, 1.807) is 0 Å². The summed E-state index contributed by atoms with van der Waals surface area (Å²) in [7, 11) is 0. The summed E-state index contributed by atoms with van der Waals surface area (Å²) in [6, 6.07) is 12.0. The highest BCUT2D eigenvalue weighted by Crippen LogP contribution is 2.22. The quantitative estimate of drug-likeness (QED) is 0.770. The normalized spacial score (nSPS) is 11.5. The standard InChI is InChI=1S/C18H21ClNO2/c1-18(2,3)22-17(21)20-16-9-8-14-11-13(5-4-10-19)6-7-15(14)12-16/h5-9,11-12H,4,10H2,1-3H3,(H,20,21). The number of hydrogen-bond donors (Lipinski definition) is 1. The second-order valence-corrected chi connectivity index (χ2v) is 6.51. The molecule has 0 aliphatic heterocycles. The maximum absolute atomic E-state index is 11.8. The molecule has 0 bridgehead atoms. The minimum atomic E-state index is -0.506. The average molecular weight is 319 g/mol. The number of nitrogens with one attached hydrogen (secondary N) is 1. The molecule has 2 aromatic rings. The summed E-state index contributed by atoms with van der Waals surface area (Å²) in [4.78, 5) is 11.8. The SMILES string of the molecule is CC(C)(C)OC(=O)Nc1ccc2cc([CH]CCCl)ccc2c1. The van der Waals surface area contributed by atoms with E-state index in [1.807, 2.05) is 51.1 Å². The lowest BCUT2D eigenvalue weighted by molar-refractivity contribution is 0.0636. The molecule has 4 heteroatoms. The van der Waals surface area contributed by atoms with Gasteiger partial charge in [-0.15, -0.1) is 11.6 Å². The van der Waals surface area contributed by atoms with E-state index < -0.39 is 11.7 Å². The van der Waals surface area contributed by atoms with Crippen molar-refractivity contribution in [3.8, 4) is 0 Å². The Morgan fingerprint density at radius 3 is 2.55 bits per heavy atom. The van der Waals surface area contributed by atoms with Crippen LogP contribution in [0.5, 0.6) is 0 Å². The number of fused-ring (bicyclic) bond motifs is 1. The predicted octanol–water partition coefficient (Wildman–Crippen LogP) is 5.37. The Hall–Kier alpha value is -1.74. The molecule has 0 fully saturated rings. The van der Waals surface area contributed by atoms with Crippen LogP contribution in [0.4, 0.5) is 10.5 Å². The molecule has 0 aromatic heterocycles. The van der Waals surface area contributed by atoms with Gasteiger partial charge in [-0.1, -0.05) is 24.3 Å². The number of alkyl halides is 1. The van der Waals surface area contributed by atoms with Crippen molar-refractivity contribution < 1.29 is 9.53 Å². The highest BCUT2D eigenvalue weighted by Gasteiger charge is 2.16. The Kier molecular flexibility index (Phi) is 5.30. The minimum Gasteiger partial charge on any atom is -0.444 e. The third-order valence-corrected chi connectivity index (χ3v) is 3.22. The molecule has 0 spiro atoms. The number of rotatable bonds is 4. The molecule has 0 saturated carbocycles. The van der Waals surface area contributed by atoms with E-state index in [1.165, 1.54) is 0 Å². The van der Waals surface area contributed by atoms with Crippen LogP contribution < -0.4 is 5.32 Å². The largest absolute Gasteiger partial charge is 0.444 e. The van der Waals surface area contributed by atoms with Crippen molar-refractivity contribution in [3.63, 3.8) is 0 Å². The van der Waals surface area contributed by atoms with E-state index in [0.717, 1.165) is 28.4 Å². The molecule has 117 valence electrons. The van der Waals surface area contributed by atoms with Gasteiger partial charge in [-0.3, -0.25) is 5.32 Å². The van der Waals surface area contributed by atoms with Crippen molar-refractivity contribution >= 4 is 34.2 Å². The molecule has 2 aromatic carbocycles. The first-order chi connectivity index (χ1) is 10.4. The van der Waals surface area contributed by atoms with Gasteiger partial charge in [0.25, 0.3) is 0 Å². The molecule has 0 unspecified atom stereocenters. The first-order valence-electron chi connectivity index (χ1n) is 7.30. The Morgan fingerprint density at radius 2 is 1.86 bits per heavy atom. The number of ether oxygens (including phenoxy) is 1. The second kappa shape index (κ2) is 7.01. The number of anilines is 1. The maximum Gasteiger partial charge on any atom is 0.412 e. The summed E-state index contributed by atoms with van der Waals surface area (Å²) in [5.74, 6) is 0.622.